The number of aryl methyl sites for hydroxylation is 2. The number of anilines is 6. The van der Waals surface area contributed by atoms with Crippen molar-refractivity contribution in [3.63, 3.8) is 0 Å². The van der Waals surface area contributed by atoms with Crippen molar-refractivity contribution >= 4 is 55.9 Å². The normalized spacial score (nSPS) is 12.6. The largest absolute Gasteiger partial charge is 0.306 e. The van der Waals surface area contributed by atoms with E-state index < -0.39 is 0 Å². The van der Waals surface area contributed by atoms with Gasteiger partial charge in [-0.3, -0.25) is 0 Å². The van der Waals surface area contributed by atoms with Crippen LogP contribution in [-0.4, -0.2) is 4.57 Å². The molecule has 0 amide bonds. The van der Waals surface area contributed by atoms with E-state index in [9.17, 15) is 0 Å². The van der Waals surface area contributed by atoms with Crippen LogP contribution in [0.25, 0.3) is 27.5 Å². The van der Waals surface area contributed by atoms with Crippen LogP contribution < -0.4 is 9.80 Å². The molecule has 3 nitrogen and oxygen atoms in total. The summed E-state index contributed by atoms with van der Waals surface area (Å²) >= 11 is 0. The fourth-order valence-electron chi connectivity index (χ4n) is 9.46. The van der Waals surface area contributed by atoms with E-state index in [2.05, 4.69) is 178 Å². The molecular weight excluding hydrogens is 643 g/mol. The highest BCUT2D eigenvalue weighted by Crippen LogP contribution is 2.55. The monoisotopic (exact) mass is 695 g/mol. The van der Waals surface area contributed by atoms with Gasteiger partial charge in [0.15, 0.2) is 0 Å². The standard InChI is InChI=1S/C50H53N3/c1-26-29(4)35(10)47(36(11)30(26)5)51-41-21-15-16-22-42(41)52(48-37(12)31(6)27(2)32(7)38(48)13)45-25-19-20-40-46-34(9)28(3)33(8)39(14)49(46)53(50(40)45)44-24-18-17-23-43(44)51/h15-25H,1-14H3. The second-order valence-electron chi connectivity index (χ2n) is 15.8. The zero-order valence-electron chi connectivity index (χ0n) is 34.2. The van der Waals surface area contributed by atoms with Gasteiger partial charge in [-0.25, -0.2) is 0 Å². The quantitative estimate of drug-likeness (QED) is 0.178. The Labute approximate surface area is 316 Å². The molecule has 0 spiro atoms. The van der Waals surface area contributed by atoms with E-state index in [-0.39, 0.29) is 0 Å². The fraction of sp³-hybridized carbons (Fsp3) is 0.280. The van der Waals surface area contributed by atoms with Gasteiger partial charge in [-0.2, -0.15) is 0 Å². The van der Waals surface area contributed by atoms with Crippen LogP contribution in [-0.2, 0) is 0 Å². The number of hydrogen-bond acceptors (Lipinski definition) is 2. The topological polar surface area (TPSA) is 11.4 Å². The minimum atomic E-state index is 1.16. The summed E-state index contributed by atoms with van der Waals surface area (Å²) in [4.78, 5) is 5.20. The van der Waals surface area contributed by atoms with Gasteiger partial charge in [0.1, 0.15) is 0 Å². The molecule has 1 aromatic heterocycles. The van der Waals surface area contributed by atoms with Crippen LogP contribution in [0, 0.1) is 96.9 Å². The van der Waals surface area contributed by atoms with Gasteiger partial charge in [0.2, 0.25) is 0 Å². The molecule has 3 heteroatoms. The van der Waals surface area contributed by atoms with Gasteiger partial charge in [-0.15, -0.1) is 0 Å². The lowest BCUT2D eigenvalue weighted by Crippen LogP contribution is -2.20. The Balaban J connectivity index is 1.71. The summed E-state index contributed by atoms with van der Waals surface area (Å²) < 4.78 is 2.62. The number of hydrogen-bond donors (Lipinski definition) is 0. The molecule has 6 aromatic carbocycles. The molecule has 53 heavy (non-hydrogen) atoms. The van der Waals surface area contributed by atoms with Crippen LogP contribution in [0.4, 0.5) is 34.1 Å². The Kier molecular flexibility index (Phi) is 7.96. The summed E-state index contributed by atoms with van der Waals surface area (Å²) in [5.41, 5.74) is 29.7. The maximum atomic E-state index is 2.62. The van der Waals surface area contributed by atoms with Crippen LogP contribution in [0.15, 0.2) is 66.7 Å². The Hall–Kier alpha value is -5.28. The highest BCUT2D eigenvalue weighted by Gasteiger charge is 2.34. The molecule has 1 aliphatic rings. The lowest BCUT2D eigenvalue weighted by molar-refractivity contribution is 1.10. The zero-order valence-corrected chi connectivity index (χ0v) is 34.2. The molecule has 2 heterocycles. The minimum absolute atomic E-state index is 1.16. The maximum Gasteiger partial charge on any atom is 0.0783 e. The second kappa shape index (κ2) is 12.1. The van der Waals surface area contributed by atoms with Gasteiger partial charge in [0, 0.05) is 10.8 Å². The van der Waals surface area contributed by atoms with Crippen LogP contribution >= 0.6 is 0 Å². The predicted molar refractivity (Wildman–Crippen MR) is 230 cm³/mol. The molecule has 0 saturated carbocycles. The van der Waals surface area contributed by atoms with Crippen molar-refractivity contribution in [3.05, 3.63) is 145 Å². The van der Waals surface area contributed by atoms with E-state index in [4.69, 9.17) is 0 Å². The summed E-state index contributed by atoms with van der Waals surface area (Å²) in [6.07, 6.45) is 0. The number of rotatable bonds is 2. The first-order valence-electron chi connectivity index (χ1n) is 19.2. The fourth-order valence-corrected chi connectivity index (χ4v) is 9.46. The maximum absolute atomic E-state index is 2.62. The van der Waals surface area contributed by atoms with Gasteiger partial charge in [0.05, 0.1) is 50.8 Å². The van der Waals surface area contributed by atoms with Crippen molar-refractivity contribution in [1.29, 1.82) is 0 Å². The summed E-state index contributed by atoms with van der Waals surface area (Å²) in [5, 5.41) is 2.63. The first-order valence-corrected chi connectivity index (χ1v) is 19.2. The number of nitrogens with zero attached hydrogens (tertiary/aromatic N) is 3. The van der Waals surface area contributed by atoms with Crippen LogP contribution in [0.3, 0.4) is 0 Å². The van der Waals surface area contributed by atoms with Crippen molar-refractivity contribution in [2.75, 3.05) is 9.80 Å². The summed E-state index contributed by atoms with van der Waals surface area (Å²) in [7, 11) is 0. The first-order chi connectivity index (χ1) is 25.2. The molecule has 0 bridgehead atoms. The first kappa shape index (κ1) is 34.8. The molecule has 0 aliphatic carbocycles. The molecule has 7 aromatic rings. The van der Waals surface area contributed by atoms with Crippen molar-refractivity contribution in [1.82, 2.24) is 4.57 Å². The van der Waals surface area contributed by atoms with Crippen LogP contribution in [0.1, 0.15) is 77.9 Å². The van der Waals surface area contributed by atoms with E-state index in [1.807, 2.05) is 0 Å². The third-order valence-electron chi connectivity index (χ3n) is 13.7. The van der Waals surface area contributed by atoms with Gasteiger partial charge in [-0.05, 0) is 205 Å². The summed E-state index contributed by atoms with van der Waals surface area (Å²) in [6, 6.07) is 25.2. The van der Waals surface area contributed by atoms with Crippen LogP contribution in [0.5, 0.6) is 0 Å². The van der Waals surface area contributed by atoms with Gasteiger partial charge in [-0.1, -0.05) is 36.4 Å². The second-order valence-corrected chi connectivity index (χ2v) is 15.8. The minimum Gasteiger partial charge on any atom is -0.306 e. The summed E-state index contributed by atoms with van der Waals surface area (Å²) in [5.74, 6) is 0. The van der Waals surface area contributed by atoms with Crippen LogP contribution in [0.2, 0.25) is 0 Å². The van der Waals surface area contributed by atoms with Gasteiger partial charge in [0.25, 0.3) is 0 Å². The average Bonchev–Trinajstić information content (AvgIpc) is 3.53. The molecule has 0 radical (unpaired) electrons. The molecule has 8 rings (SSSR count). The molecule has 0 unspecified atom stereocenters. The van der Waals surface area contributed by atoms with Gasteiger partial charge >= 0.3 is 0 Å². The lowest BCUT2D eigenvalue weighted by Gasteiger charge is -2.36. The highest BCUT2D eigenvalue weighted by atomic mass is 15.2. The molecular formula is C50H53N3. The number of aromatic nitrogens is 1. The predicted octanol–water partition coefficient (Wildman–Crippen LogP) is 14.4. The molecule has 0 atom stereocenters. The van der Waals surface area contributed by atoms with Crippen molar-refractivity contribution in [3.8, 4) is 5.69 Å². The van der Waals surface area contributed by atoms with E-state index >= 15 is 0 Å². The smallest absolute Gasteiger partial charge is 0.0783 e. The van der Waals surface area contributed by atoms with Crippen molar-refractivity contribution < 1.29 is 0 Å². The highest BCUT2D eigenvalue weighted by molar-refractivity contribution is 6.18. The average molecular weight is 696 g/mol. The summed E-state index contributed by atoms with van der Waals surface area (Å²) in [6.45, 7) is 32.3. The molecule has 268 valence electrons. The molecule has 0 saturated heterocycles. The van der Waals surface area contributed by atoms with Crippen molar-refractivity contribution in [2.45, 2.75) is 96.9 Å². The Morgan fingerprint density at radius 3 is 1.09 bits per heavy atom. The number of benzene rings is 6. The Morgan fingerprint density at radius 2 is 0.623 bits per heavy atom. The third-order valence-corrected chi connectivity index (χ3v) is 13.7. The molecule has 0 N–H and O–H groups in total. The van der Waals surface area contributed by atoms with E-state index in [0.29, 0.717) is 0 Å². The third kappa shape index (κ3) is 4.59. The molecule has 0 fully saturated rings. The molecule has 1 aliphatic heterocycles. The Morgan fingerprint density at radius 1 is 0.283 bits per heavy atom. The number of fused-ring (bicyclic) bond motifs is 6. The Bertz CT molecular complexity index is 2660. The van der Waals surface area contributed by atoms with E-state index in [1.165, 1.54) is 128 Å². The SMILES string of the molecule is Cc1c(C)c(C)c(N2c3ccccc3N(c3c(C)c(C)c(C)c(C)c3C)c3cccc4c5c(C)c(C)c(C)c(C)c5n(c34)-c3ccccc32)c(C)c1C. The van der Waals surface area contributed by atoms with E-state index in [0.717, 1.165) is 11.4 Å². The van der Waals surface area contributed by atoms with Gasteiger partial charge < -0.3 is 14.4 Å². The van der Waals surface area contributed by atoms with Crippen molar-refractivity contribution in [2.24, 2.45) is 0 Å². The lowest BCUT2D eigenvalue weighted by atomic mass is 9.91. The van der Waals surface area contributed by atoms with E-state index in [1.54, 1.807) is 0 Å². The number of para-hydroxylation sites is 5. The zero-order chi connectivity index (χ0) is 37.9.